The molecule has 0 saturated carbocycles. The van der Waals surface area contributed by atoms with Crippen LogP contribution in [-0.4, -0.2) is 42.4 Å². The minimum Gasteiger partial charge on any atom is -0.272 e. The monoisotopic (exact) mass is 418 g/mol. The number of hydrogen-bond donors (Lipinski definition) is 0. The number of amides is 1. The lowest BCUT2D eigenvalue weighted by molar-refractivity contribution is -0.212. The van der Waals surface area contributed by atoms with Gasteiger partial charge in [-0.2, -0.15) is 4.31 Å². The highest BCUT2D eigenvalue weighted by Crippen LogP contribution is 2.38. The molecule has 2 aromatic carbocycles. The molecule has 2 aliphatic heterocycles. The summed E-state index contributed by atoms with van der Waals surface area (Å²) in [7, 11) is -3.93. The van der Waals surface area contributed by atoms with Crippen LogP contribution in [0.5, 0.6) is 0 Å². The van der Waals surface area contributed by atoms with Crippen LogP contribution in [-0.2, 0) is 26.2 Å². The van der Waals surface area contributed by atoms with Crippen molar-refractivity contribution in [3.8, 4) is 0 Å². The topological polar surface area (TPSA) is 66.9 Å². The van der Waals surface area contributed by atoms with Gasteiger partial charge in [0.2, 0.25) is 15.9 Å². The van der Waals surface area contributed by atoms with Gasteiger partial charge >= 0.3 is 0 Å². The molecule has 154 valence electrons. The summed E-state index contributed by atoms with van der Waals surface area (Å²) in [4.78, 5) is 18.1. The van der Waals surface area contributed by atoms with E-state index in [2.05, 4.69) is 0 Å². The van der Waals surface area contributed by atoms with Crippen LogP contribution in [0.1, 0.15) is 30.4 Å². The van der Waals surface area contributed by atoms with E-state index in [0.717, 1.165) is 5.56 Å². The van der Waals surface area contributed by atoms with Crippen LogP contribution < -0.4 is 0 Å². The van der Waals surface area contributed by atoms with Gasteiger partial charge in [0.1, 0.15) is 16.3 Å². The summed E-state index contributed by atoms with van der Waals surface area (Å²) in [6.45, 7) is 2.43. The van der Waals surface area contributed by atoms with Crippen molar-refractivity contribution in [1.29, 1.82) is 0 Å². The Labute approximate surface area is 169 Å². The predicted molar refractivity (Wildman–Crippen MR) is 105 cm³/mol. The van der Waals surface area contributed by atoms with Gasteiger partial charge in [-0.25, -0.2) is 17.9 Å². The van der Waals surface area contributed by atoms with Crippen molar-refractivity contribution in [3.63, 3.8) is 0 Å². The van der Waals surface area contributed by atoms with Gasteiger partial charge < -0.3 is 0 Å². The largest absolute Gasteiger partial charge is 0.272 e. The number of aryl methyl sites for hydroxylation is 1. The van der Waals surface area contributed by atoms with Gasteiger partial charge in [-0.3, -0.25) is 9.63 Å². The molecule has 29 heavy (non-hydrogen) atoms. The first-order chi connectivity index (χ1) is 13.8. The van der Waals surface area contributed by atoms with Gasteiger partial charge in [-0.1, -0.05) is 36.4 Å². The maximum absolute atomic E-state index is 14.2. The highest BCUT2D eigenvalue weighted by molar-refractivity contribution is 7.89. The van der Waals surface area contributed by atoms with Crippen molar-refractivity contribution in [2.75, 3.05) is 13.1 Å². The molecule has 0 unspecified atom stereocenters. The standard InChI is InChI=1S/C21H23FN2O4S/c1-16-7-8-19(18(22)13-16)29(26,27)23-11-9-21(10-12-23)14-20(25)24(28-21)15-17-5-3-2-4-6-17/h2-8,13H,9-12,14-15H2,1H3. The SMILES string of the molecule is Cc1ccc(S(=O)(=O)N2CCC3(CC2)CC(=O)N(Cc2ccccc2)O3)c(F)c1. The maximum Gasteiger partial charge on any atom is 0.249 e. The second-order valence-corrected chi connectivity index (χ2v) is 9.61. The minimum atomic E-state index is -3.93. The molecule has 2 aliphatic rings. The number of hydroxylamine groups is 2. The highest BCUT2D eigenvalue weighted by Gasteiger charge is 2.48. The number of benzene rings is 2. The average molecular weight is 418 g/mol. The molecule has 1 amide bonds. The fourth-order valence-corrected chi connectivity index (χ4v) is 5.39. The van der Waals surface area contributed by atoms with Crippen LogP contribution >= 0.6 is 0 Å². The number of carbonyl (C=O) groups excluding carboxylic acids is 1. The van der Waals surface area contributed by atoms with E-state index in [1.807, 2.05) is 30.3 Å². The zero-order valence-corrected chi connectivity index (χ0v) is 17.0. The highest BCUT2D eigenvalue weighted by atomic mass is 32.2. The lowest BCUT2D eigenvalue weighted by Gasteiger charge is -2.37. The maximum atomic E-state index is 14.2. The predicted octanol–water partition coefficient (Wildman–Crippen LogP) is 3.02. The number of hydrogen-bond acceptors (Lipinski definition) is 4. The van der Waals surface area contributed by atoms with Gasteiger partial charge in [-0.05, 0) is 43.0 Å². The van der Waals surface area contributed by atoms with Gasteiger partial charge in [0, 0.05) is 13.1 Å². The Bertz CT molecular complexity index is 1020. The van der Waals surface area contributed by atoms with Gasteiger partial charge in [-0.15, -0.1) is 0 Å². The van der Waals surface area contributed by atoms with Crippen LogP contribution in [0.2, 0.25) is 0 Å². The number of carbonyl (C=O) groups is 1. The average Bonchev–Trinajstić information content (AvgIpc) is 2.97. The molecular formula is C21H23FN2O4S. The quantitative estimate of drug-likeness (QED) is 0.766. The number of nitrogens with zero attached hydrogens (tertiary/aromatic N) is 2. The first-order valence-electron chi connectivity index (χ1n) is 9.59. The molecular weight excluding hydrogens is 395 g/mol. The Hall–Kier alpha value is -2.29. The molecule has 0 aromatic heterocycles. The van der Waals surface area contributed by atoms with E-state index in [-0.39, 0.29) is 30.3 Å². The number of halogens is 1. The van der Waals surface area contributed by atoms with Crippen molar-refractivity contribution < 1.29 is 22.4 Å². The second-order valence-electron chi connectivity index (χ2n) is 7.70. The summed E-state index contributed by atoms with van der Waals surface area (Å²) in [6.07, 6.45) is 1.00. The zero-order chi connectivity index (χ0) is 20.6. The Morgan fingerprint density at radius 2 is 1.79 bits per heavy atom. The molecule has 1 spiro atoms. The van der Waals surface area contributed by atoms with E-state index in [4.69, 9.17) is 4.84 Å². The molecule has 2 saturated heterocycles. The third-order valence-corrected chi connectivity index (χ3v) is 7.50. The van der Waals surface area contributed by atoms with Crippen LogP contribution in [0.25, 0.3) is 0 Å². The van der Waals surface area contributed by atoms with E-state index in [0.29, 0.717) is 24.9 Å². The van der Waals surface area contributed by atoms with E-state index in [9.17, 15) is 17.6 Å². The van der Waals surface area contributed by atoms with Crippen LogP contribution in [0.3, 0.4) is 0 Å². The summed E-state index contributed by atoms with van der Waals surface area (Å²) < 4.78 is 41.2. The summed E-state index contributed by atoms with van der Waals surface area (Å²) in [5.41, 5.74) is 0.937. The third-order valence-electron chi connectivity index (χ3n) is 5.56. The molecule has 2 heterocycles. The smallest absolute Gasteiger partial charge is 0.249 e. The first-order valence-corrected chi connectivity index (χ1v) is 11.0. The van der Waals surface area contributed by atoms with Gasteiger partial charge in [0.15, 0.2) is 0 Å². The molecule has 2 fully saturated rings. The summed E-state index contributed by atoms with van der Waals surface area (Å²) in [6, 6.07) is 13.7. The first kappa shape index (κ1) is 20.0. The van der Waals surface area contributed by atoms with Crippen LogP contribution in [0.4, 0.5) is 4.39 Å². The Kier molecular flexibility index (Phi) is 5.18. The molecule has 4 rings (SSSR count). The van der Waals surface area contributed by atoms with Crippen molar-refractivity contribution in [3.05, 3.63) is 65.5 Å². The fraction of sp³-hybridized carbons (Fsp3) is 0.381. The minimum absolute atomic E-state index is 0.102. The Balaban J connectivity index is 1.44. The molecule has 0 N–H and O–H groups in total. The number of sulfonamides is 1. The number of rotatable bonds is 4. The van der Waals surface area contributed by atoms with E-state index < -0.39 is 21.4 Å². The second kappa shape index (κ2) is 7.51. The summed E-state index contributed by atoms with van der Waals surface area (Å²) in [5, 5.41) is 1.37. The summed E-state index contributed by atoms with van der Waals surface area (Å²) >= 11 is 0. The fourth-order valence-electron chi connectivity index (χ4n) is 3.91. The van der Waals surface area contributed by atoms with Gasteiger partial charge in [0.05, 0.1) is 13.0 Å². The molecule has 6 nitrogen and oxygen atoms in total. The molecule has 0 atom stereocenters. The molecule has 2 aromatic rings. The lowest BCUT2D eigenvalue weighted by atomic mass is 9.89. The van der Waals surface area contributed by atoms with Crippen molar-refractivity contribution in [2.24, 2.45) is 0 Å². The zero-order valence-electron chi connectivity index (χ0n) is 16.2. The Morgan fingerprint density at radius 3 is 2.45 bits per heavy atom. The molecule has 0 radical (unpaired) electrons. The normalized spacial score (nSPS) is 19.8. The van der Waals surface area contributed by atoms with Crippen molar-refractivity contribution in [2.45, 2.75) is 43.2 Å². The van der Waals surface area contributed by atoms with Crippen molar-refractivity contribution in [1.82, 2.24) is 9.37 Å². The van der Waals surface area contributed by atoms with E-state index in [1.165, 1.54) is 21.5 Å². The van der Waals surface area contributed by atoms with E-state index >= 15 is 0 Å². The van der Waals surface area contributed by atoms with Crippen molar-refractivity contribution >= 4 is 15.9 Å². The van der Waals surface area contributed by atoms with Gasteiger partial charge in [0.25, 0.3) is 0 Å². The Morgan fingerprint density at radius 1 is 1.10 bits per heavy atom. The van der Waals surface area contributed by atoms with Crippen LogP contribution in [0, 0.1) is 12.7 Å². The molecule has 8 heteroatoms. The van der Waals surface area contributed by atoms with E-state index in [1.54, 1.807) is 13.0 Å². The molecule has 0 bridgehead atoms. The third kappa shape index (κ3) is 3.92. The lowest BCUT2D eigenvalue weighted by Crippen LogP contribution is -2.47. The molecule has 0 aliphatic carbocycles. The summed E-state index contributed by atoms with van der Waals surface area (Å²) in [5.74, 6) is -0.846. The van der Waals surface area contributed by atoms with Crippen LogP contribution in [0.15, 0.2) is 53.4 Å². The number of piperidine rings is 1.